The minimum Gasteiger partial charge on any atom is -0.325 e. The van der Waals surface area contributed by atoms with Gasteiger partial charge in [0.05, 0.1) is 11.0 Å². The summed E-state index contributed by atoms with van der Waals surface area (Å²) in [4.78, 5) is 26.3. The Morgan fingerprint density at radius 2 is 1.73 bits per heavy atom. The molecule has 0 heterocycles. The molecule has 0 aliphatic carbocycles. The van der Waals surface area contributed by atoms with Gasteiger partial charge < -0.3 is 10.2 Å². The van der Waals surface area contributed by atoms with Gasteiger partial charge in [-0.2, -0.15) is 0 Å². The van der Waals surface area contributed by atoms with E-state index in [0.717, 1.165) is 11.3 Å². The van der Waals surface area contributed by atoms with Crippen molar-refractivity contribution < 1.29 is 14.0 Å². The van der Waals surface area contributed by atoms with Gasteiger partial charge in [0, 0.05) is 17.9 Å². The first-order chi connectivity index (χ1) is 12.4. The molecule has 0 saturated carbocycles. The highest BCUT2D eigenvalue weighted by atomic mass is 32.2. The number of benzene rings is 2. The van der Waals surface area contributed by atoms with E-state index in [4.69, 9.17) is 0 Å². The van der Waals surface area contributed by atoms with E-state index in [1.54, 1.807) is 24.0 Å². The molecule has 6 heteroatoms. The minimum atomic E-state index is -0.385. The molecule has 26 heavy (non-hydrogen) atoms. The predicted octanol–water partition coefficient (Wildman–Crippen LogP) is 4.25. The van der Waals surface area contributed by atoms with Crippen LogP contribution in [0.25, 0.3) is 0 Å². The summed E-state index contributed by atoms with van der Waals surface area (Å²) in [5, 5.41) is 2.43. The van der Waals surface area contributed by atoms with Crippen molar-refractivity contribution in [3.05, 3.63) is 59.9 Å². The van der Waals surface area contributed by atoms with Gasteiger partial charge in [-0.3, -0.25) is 9.59 Å². The Hall–Kier alpha value is -2.34. The zero-order chi connectivity index (χ0) is 19.1. The molecule has 4 nitrogen and oxygen atoms in total. The summed E-state index contributed by atoms with van der Waals surface area (Å²) in [6, 6.07) is 13.4. The maximum Gasteiger partial charge on any atom is 0.239 e. The fourth-order valence-corrected chi connectivity index (χ4v) is 3.16. The van der Waals surface area contributed by atoms with Crippen molar-refractivity contribution in [1.82, 2.24) is 0 Å². The molecule has 0 aliphatic rings. The Morgan fingerprint density at radius 3 is 2.31 bits per heavy atom. The molecule has 1 N–H and O–H groups in total. The summed E-state index contributed by atoms with van der Waals surface area (Å²) < 4.78 is 13.1. The molecule has 1 unspecified atom stereocenters. The van der Waals surface area contributed by atoms with Crippen molar-refractivity contribution in [2.24, 2.45) is 0 Å². The largest absolute Gasteiger partial charge is 0.325 e. The van der Waals surface area contributed by atoms with E-state index in [0.29, 0.717) is 12.2 Å². The lowest BCUT2D eigenvalue weighted by Crippen LogP contribution is -2.37. The quantitative estimate of drug-likeness (QED) is 0.788. The number of aryl methyl sites for hydroxylation is 1. The van der Waals surface area contributed by atoms with Crippen molar-refractivity contribution in [3.8, 4) is 0 Å². The lowest BCUT2D eigenvalue weighted by molar-refractivity contribution is -0.117. The van der Waals surface area contributed by atoms with Crippen LogP contribution in [0, 0.1) is 12.7 Å². The van der Waals surface area contributed by atoms with E-state index in [1.165, 1.54) is 23.9 Å². The van der Waals surface area contributed by atoms with Gasteiger partial charge in [0.1, 0.15) is 5.82 Å². The van der Waals surface area contributed by atoms with Gasteiger partial charge in [0.2, 0.25) is 11.8 Å². The van der Waals surface area contributed by atoms with Crippen LogP contribution in [0.1, 0.15) is 19.4 Å². The van der Waals surface area contributed by atoms with Crippen LogP contribution in [-0.2, 0) is 9.59 Å². The number of rotatable bonds is 7. The van der Waals surface area contributed by atoms with Gasteiger partial charge in [-0.15, -0.1) is 11.8 Å². The normalized spacial score (nSPS) is 11.7. The van der Waals surface area contributed by atoms with Crippen molar-refractivity contribution in [1.29, 1.82) is 0 Å². The molecule has 2 amide bonds. The number of nitrogens with zero attached hydrogens (tertiary/aromatic N) is 1. The van der Waals surface area contributed by atoms with Crippen LogP contribution in [-0.4, -0.2) is 29.4 Å². The van der Waals surface area contributed by atoms with Gasteiger partial charge in [-0.1, -0.05) is 17.7 Å². The summed E-state index contributed by atoms with van der Waals surface area (Å²) in [5.74, 6) is -0.412. The second-order valence-corrected chi connectivity index (χ2v) is 7.26. The molecule has 2 rings (SSSR count). The molecule has 0 aromatic heterocycles. The minimum absolute atomic E-state index is 0.104. The summed E-state index contributed by atoms with van der Waals surface area (Å²) in [7, 11) is 0. The molecule has 0 spiro atoms. The van der Waals surface area contributed by atoms with Crippen molar-refractivity contribution in [3.63, 3.8) is 0 Å². The first-order valence-corrected chi connectivity index (χ1v) is 9.50. The van der Waals surface area contributed by atoms with Crippen molar-refractivity contribution >= 4 is 35.0 Å². The maximum atomic E-state index is 13.1. The van der Waals surface area contributed by atoms with E-state index in [9.17, 15) is 14.0 Å². The molecule has 2 aromatic carbocycles. The molecular formula is C20H23FN2O2S. The second kappa shape index (κ2) is 9.38. The third kappa shape index (κ3) is 5.59. The third-order valence-electron chi connectivity index (χ3n) is 3.87. The first kappa shape index (κ1) is 20.0. The first-order valence-electron chi connectivity index (χ1n) is 8.45. The highest BCUT2D eigenvalue weighted by Crippen LogP contribution is 2.20. The summed E-state index contributed by atoms with van der Waals surface area (Å²) >= 11 is 1.28. The fraction of sp³-hybridized carbons (Fsp3) is 0.300. The zero-order valence-corrected chi connectivity index (χ0v) is 16.0. The molecule has 0 bridgehead atoms. The molecule has 0 saturated heterocycles. The number of hydrogen-bond donors (Lipinski definition) is 1. The monoisotopic (exact) mass is 374 g/mol. The van der Waals surface area contributed by atoms with Gasteiger partial charge in [0.15, 0.2) is 0 Å². The van der Waals surface area contributed by atoms with E-state index in [-0.39, 0.29) is 28.6 Å². The molecule has 1 atom stereocenters. The van der Waals surface area contributed by atoms with Crippen molar-refractivity contribution in [2.45, 2.75) is 26.0 Å². The van der Waals surface area contributed by atoms with E-state index in [2.05, 4.69) is 5.32 Å². The number of hydrogen-bond acceptors (Lipinski definition) is 3. The topological polar surface area (TPSA) is 49.4 Å². The second-order valence-electron chi connectivity index (χ2n) is 5.93. The Labute approximate surface area is 157 Å². The van der Waals surface area contributed by atoms with Crippen LogP contribution in [0.3, 0.4) is 0 Å². The fourth-order valence-electron chi connectivity index (χ4n) is 2.41. The number of thioether (sulfide) groups is 1. The third-order valence-corrected chi connectivity index (χ3v) is 5.00. The molecule has 2 aromatic rings. The van der Waals surface area contributed by atoms with Gasteiger partial charge in [-0.25, -0.2) is 4.39 Å². The average Bonchev–Trinajstić information content (AvgIpc) is 2.63. The number of nitrogens with one attached hydrogen (secondary N) is 1. The lowest BCUT2D eigenvalue weighted by atomic mass is 10.2. The molecular weight excluding hydrogens is 351 g/mol. The summed E-state index contributed by atoms with van der Waals surface area (Å²) in [6.07, 6.45) is 0. The summed E-state index contributed by atoms with van der Waals surface area (Å²) in [6.45, 7) is 6.10. The average molecular weight is 374 g/mol. The Kier molecular flexibility index (Phi) is 7.21. The molecule has 0 fully saturated rings. The number of halogens is 1. The van der Waals surface area contributed by atoms with Gasteiger partial charge in [-0.05, 0) is 57.2 Å². The van der Waals surface area contributed by atoms with Crippen LogP contribution < -0.4 is 10.2 Å². The molecule has 0 aliphatic heterocycles. The maximum absolute atomic E-state index is 13.1. The molecule has 0 radical (unpaired) electrons. The van der Waals surface area contributed by atoms with E-state index in [1.807, 2.05) is 38.1 Å². The standard InChI is InChI=1S/C20H23FN2O2S/c1-4-23(18-11-7-16(21)8-12-18)20(25)15(3)26-13-19(24)22-17-9-5-14(2)6-10-17/h5-12,15H,4,13H2,1-3H3,(H,22,24). The van der Waals surface area contributed by atoms with E-state index < -0.39 is 0 Å². The zero-order valence-electron chi connectivity index (χ0n) is 15.2. The Balaban J connectivity index is 1.89. The molecule has 138 valence electrons. The van der Waals surface area contributed by atoms with Crippen LogP contribution in [0.5, 0.6) is 0 Å². The number of anilines is 2. The highest BCUT2D eigenvalue weighted by Gasteiger charge is 2.22. The number of amides is 2. The number of carbonyl (C=O) groups excluding carboxylic acids is 2. The van der Waals surface area contributed by atoms with Gasteiger partial charge in [0.25, 0.3) is 0 Å². The van der Waals surface area contributed by atoms with Crippen LogP contribution >= 0.6 is 11.8 Å². The number of carbonyl (C=O) groups is 2. The van der Waals surface area contributed by atoms with Crippen LogP contribution in [0.2, 0.25) is 0 Å². The van der Waals surface area contributed by atoms with Crippen LogP contribution in [0.15, 0.2) is 48.5 Å². The Bertz CT molecular complexity index is 747. The smallest absolute Gasteiger partial charge is 0.239 e. The van der Waals surface area contributed by atoms with Gasteiger partial charge >= 0.3 is 0 Å². The summed E-state index contributed by atoms with van der Waals surface area (Å²) in [5.41, 5.74) is 2.51. The SMILES string of the molecule is CCN(C(=O)C(C)SCC(=O)Nc1ccc(C)cc1)c1ccc(F)cc1. The van der Waals surface area contributed by atoms with Crippen LogP contribution in [0.4, 0.5) is 15.8 Å². The predicted molar refractivity (Wildman–Crippen MR) is 106 cm³/mol. The Morgan fingerprint density at radius 1 is 1.12 bits per heavy atom. The van der Waals surface area contributed by atoms with Crippen molar-refractivity contribution in [2.75, 3.05) is 22.5 Å². The highest BCUT2D eigenvalue weighted by molar-refractivity contribution is 8.01. The lowest BCUT2D eigenvalue weighted by Gasteiger charge is -2.24. The van der Waals surface area contributed by atoms with E-state index >= 15 is 0 Å².